The standard InChI is InChI=1S/C15H23F2N3O2/c1-4-9(16)8-20-10-5-6-19-11(13(10)14(18)21)7-12(17)15(2,3)22/h5-6,9,12,22H,4,7-8H2,1-3H3,(H2,18,21)(H,19,20)/t9-,12-/m1/s1. The molecule has 2 atom stereocenters. The second kappa shape index (κ2) is 7.49. The summed E-state index contributed by atoms with van der Waals surface area (Å²) < 4.78 is 27.3. The third kappa shape index (κ3) is 4.91. The van der Waals surface area contributed by atoms with Crippen LogP contribution in [-0.2, 0) is 6.42 Å². The van der Waals surface area contributed by atoms with Crippen LogP contribution in [0.1, 0.15) is 43.2 Å². The van der Waals surface area contributed by atoms with E-state index in [1.807, 2.05) is 0 Å². The third-order valence-corrected chi connectivity index (χ3v) is 3.37. The van der Waals surface area contributed by atoms with Crippen molar-refractivity contribution in [1.29, 1.82) is 0 Å². The smallest absolute Gasteiger partial charge is 0.252 e. The van der Waals surface area contributed by atoms with Gasteiger partial charge < -0.3 is 16.2 Å². The van der Waals surface area contributed by atoms with Crippen LogP contribution in [0.15, 0.2) is 12.3 Å². The average Bonchev–Trinajstić information content (AvgIpc) is 2.43. The highest BCUT2D eigenvalue weighted by Crippen LogP contribution is 2.23. The average molecular weight is 315 g/mol. The van der Waals surface area contributed by atoms with Crippen molar-refractivity contribution in [3.05, 3.63) is 23.5 Å². The topological polar surface area (TPSA) is 88.2 Å². The molecule has 0 aliphatic heterocycles. The van der Waals surface area contributed by atoms with Gasteiger partial charge >= 0.3 is 0 Å². The van der Waals surface area contributed by atoms with E-state index in [1.54, 1.807) is 6.92 Å². The molecule has 0 radical (unpaired) electrons. The number of rotatable bonds is 8. The number of amides is 1. The van der Waals surface area contributed by atoms with Crippen molar-refractivity contribution >= 4 is 11.6 Å². The van der Waals surface area contributed by atoms with E-state index in [-0.39, 0.29) is 24.2 Å². The minimum absolute atomic E-state index is 0.0186. The van der Waals surface area contributed by atoms with Gasteiger partial charge in [0.15, 0.2) is 0 Å². The van der Waals surface area contributed by atoms with Crippen LogP contribution in [0, 0.1) is 0 Å². The summed E-state index contributed by atoms with van der Waals surface area (Å²) in [5.41, 5.74) is 4.26. The van der Waals surface area contributed by atoms with Gasteiger partial charge in [0.25, 0.3) is 5.91 Å². The number of nitrogens with two attached hydrogens (primary N) is 1. The van der Waals surface area contributed by atoms with Crippen LogP contribution in [0.2, 0.25) is 0 Å². The van der Waals surface area contributed by atoms with Gasteiger partial charge in [0.05, 0.1) is 22.5 Å². The largest absolute Gasteiger partial charge is 0.387 e. The van der Waals surface area contributed by atoms with Gasteiger partial charge in [0.1, 0.15) is 12.3 Å². The molecule has 1 aromatic heterocycles. The summed E-state index contributed by atoms with van der Waals surface area (Å²) in [6, 6.07) is 1.49. The molecule has 1 amide bonds. The van der Waals surface area contributed by atoms with Gasteiger partial charge in [-0.15, -0.1) is 0 Å². The monoisotopic (exact) mass is 315 g/mol. The molecule has 0 fully saturated rings. The first-order chi connectivity index (χ1) is 10.2. The molecule has 5 nitrogen and oxygen atoms in total. The van der Waals surface area contributed by atoms with Gasteiger partial charge in [0.2, 0.25) is 0 Å². The van der Waals surface area contributed by atoms with E-state index in [9.17, 15) is 18.7 Å². The molecule has 0 aliphatic carbocycles. The minimum Gasteiger partial charge on any atom is -0.387 e. The van der Waals surface area contributed by atoms with Crippen molar-refractivity contribution in [2.75, 3.05) is 11.9 Å². The molecule has 1 rings (SSSR count). The molecule has 0 saturated heterocycles. The highest BCUT2D eigenvalue weighted by atomic mass is 19.1. The van der Waals surface area contributed by atoms with Gasteiger partial charge in [-0.1, -0.05) is 6.92 Å². The number of hydrogen-bond donors (Lipinski definition) is 3. The van der Waals surface area contributed by atoms with E-state index in [0.717, 1.165) is 0 Å². The van der Waals surface area contributed by atoms with Gasteiger partial charge in [-0.2, -0.15) is 0 Å². The Balaban J connectivity index is 3.05. The summed E-state index contributed by atoms with van der Waals surface area (Å²) in [6.07, 6.45) is -1.22. The van der Waals surface area contributed by atoms with Gasteiger partial charge in [-0.3, -0.25) is 9.78 Å². The Morgan fingerprint density at radius 2 is 2.14 bits per heavy atom. The zero-order chi connectivity index (χ0) is 16.9. The molecular formula is C15H23F2N3O2. The molecule has 0 unspecified atom stereocenters. The van der Waals surface area contributed by atoms with Crippen molar-refractivity contribution in [3.8, 4) is 0 Å². The van der Waals surface area contributed by atoms with E-state index >= 15 is 0 Å². The summed E-state index contributed by atoms with van der Waals surface area (Å²) in [4.78, 5) is 15.6. The first kappa shape index (κ1) is 18.3. The van der Waals surface area contributed by atoms with Crippen molar-refractivity contribution in [2.24, 2.45) is 5.73 Å². The van der Waals surface area contributed by atoms with Crippen LogP contribution < -0.4 is 11.1 Å². The number of nitrogens with zero attached hydrogens (tertiary/aromatic N) is 1. The lowest BCUT2D eigenvalue weighted by Gasteiger charge is -2.23. The Morgan fingerprint density at radius 3 is 2.64 bits per heavy atom. The second-order valence-corrected chi connectivity index (χ2v) is 5.76. The van der Waals surface area contributed by atoms with Crippen molar-refractivity contribution in [2.45, 2.75) is 51.6 Å². The number of aliphatic hydroxyl groups is 1. The van der Waals surface area contributed by atoms with E-state index in [1.165, 1.54) is 26.1 Å². The first-order valence-electron chi connectivity index (χ1n) is 7.18. The lowest BCUT2D eigenvalue weighted by Crippen LogP contribution is -2.35. The fraction of sp³-hybridized carbons (Fsp3) is 0.600. The van der Waals surface area contributed by atoms with Crippen LogP contribution in [-0.4, -0.2) is 40.5 Å². The fourth-order valence-electron chi connectivity index (χ4n) is 1.87. The zero-order valence-electron chi connectivity index (χ0n) is 13.1. The Morgan fingerprint density at radius 1 is 1.50 bits per heavy atom. The highest BCUT2D eigenvalue weighted by molar-refractivity contribution is 5.99. The van der Waals surface area contributed by atoms with Crippen LogP contribution in [0.3, 0.4) is 0 Å². The molecule has 1 aromatic rings. The van der Waals surface area contributed by atoms with Gasteiger partial charge in [0, 0.05) is 19.2 Å². The number of hydrogen-bond acceptors (Lipinski definition) is 4. The zero-order valence-corrected chi connectivity index (χ0v) is 13.1. The molecule has 0 aromatic carbocycles. The number of anilines is 1. The number of halogens is 2. The van der Waals surface area contributed by atoms with E-state index in [4.69, 9.17) is 5.73 Å². The Hall–Kier alpha value is -1.76. The minimum atomic E-state index is -1.61. The van der Waals surface area contributed by atoms with Crippen molar-refractivity contribution < 1.29 is 18.7 Å². The summed E-state index contributed by atoms with van der Waals surface area (Å²) >= 11 is 0. The van der Waals surface area contributed by atoms with Crippen LogP contribution in [0.4, 0.5) is 14.5 Å². The van der Waals surface area contributed by atoms with Crippen LogP contribution in [0.5, 0.6) is 0 Å². The summed E-state index contributed by atoms with van der Waals surface area (Å²) in [5.74, 6) is -0.777. The van der Waals surface area contributed by atoms with Gasteiger partial charge in [-0.05, 0) is 26.3 Å². The molecule has 1 heterocycles. The van der Waals surface area contributed by atoms with E-state index in [2.05, 4.69) is 10.3 Å². The quantitative estimate of drug-likeness (QED) is 0.684. The molecule has 4 N–H and O–H groups in total. The molecular weight excluding hydrogens is 292 g/mol. The SMILES string of the molecule is CC[C@@H](F)CNc1ccnc(C[C@@H](F)C(C)(C)O)c1C(N)=O. The maximum atomic E-state index is 14.0. The first-order valence-corrected chi connectivity index (χ1v) is 7.18. The number of nitrogens with one attached hydrogen (secondary N) is 1. The summed E-state index contributed by atoms with van der Waals surface area (Å²) in [7, 11) is 0. The molecule has 0 aliphatic rings. The normalized spacial score (nSPS) is 14.5. The van der Waals surface area contributed by atoms with E-state index in [0.29, 0.717) is 12.1 Å². The summed E-state index contributed by atoms with van der Waals surface area (Å²) in [6.45, 7) is 4.39. The number of aromatic nitrogens is 1. The fourth-order valence-corrected chi connectivity index (χ4v) is 1.87. The molecule has 0 bridgehead atoms. The Bertz CT molecular complexity index is 518. The number of carbonyl (C=O) groups excluding carboxylic acids is 1. The second-order valence-electron chi connectivity index (χ2n) is 5.76. The Kier molecular flexibility index (Phi) is 6.22. The molecule has 7 heteroatoms. The highest BCUT2D eigenvalue weighted by Gasteiger charge is 2.29. The number of alkyl halides is 2. The summed E-state index contributed by atoms with van der Waals surface area (Å²) in [5, 5.41) is 12.5. The predicted molar refractivity (Wildman–Crippen MR) is 81.3 cm³/mol. The molecule has 22 heavy (non-hydrogen) atoms. The van der Waals surface area contributed by atoms with Gasteiger partial charge in [-0.25, -0.2) is 8.78 Å². The number of primary amides is 1. The van der Waals surface area contributed by atoms with Crippen LogP contribution in [0.25, 0.3) is 0 Å². The van der Waals surface area contributed by atoms with E-state index < -0.39 is 23.9 Å². The van der Waals surface area contributed by atoms with Crippen molar-refractivity contribution in [1.82, 2.24) is 4.98 Å². The van der Waals surface area contributed by atoms with Crippen LogP contribution >= 0.6 is 0 Å². The Labute approximate surface area is 128 Å². The molecule has 0 saturated carbocycles. The number of carbonyl (C=O) groups is 1. The lowest BCUT2D eigenvalue weighted by atomic mass is 9.96. The molecule has 0 spiro atoms. The number of pyridine rings is 1. The third-order valence-electron chi connectivity index (χ3n) is 3.37. The van der Waals surface area contributed by atoms with Crippen molar-refractivity contribution in [3.63, 3.8) is 0 Å². The predicted octanol–water partition coefficient (Wildman–Crippen LogP) is 1.99. The maximum Gasteiger partial charge on any atom is 0.252 e. The molecule has 124 valence electrons. The maximum absolute atomic E-state index is 14.0. The lowest BCUT2D eigenvalue weighted by molar-refractivity contribution is -0.00307.